The molecule has 0 aliphatic rings. The number of rotatable bonds is 4. The number of ketones is 1. The van der Waals surface area contributed by atoms with Gasteiger partial charge in [0, 0.05) is 30.2 Å². The molecule has 2 aromatic rings. The Morgan fingerprint density at radius 3 is 2.55 bits per heavy atom. The highest BCUT2D eigenvalue weighted by atomic mass is 19.1. The van der Waals surface area contributed by atoms with Crippen LogP contribution in [0.25, 0.3) is 0 Å². The highest BCUT2D eigenvalue weighted by Gasteiger charge is 2.14. The van der Waals surface area contributed by atoms with E-state index in [0.717, 1.165) is 12.1 Å². The first kappa shape index (κ1) is 13.8. The second-order valence-corrected chi connectivity index (χ2v) is 4.14. The molecule has 2 aromatic carbocycles. The minimum atomic E-state index is -0.816. The normalized spacial score (nSPS) is 10.3. The van der Waals surface area contributed by atoms with Crippen LogP contribution < -0.4 is 0 Å². The maximum absolute atomic E-state index is 13.4. The molecule has 0 heterocycles. The standard InChI is InChI=1S/C14H9F2NO3/c15-11-5-4-9(13(16)8-11)7-14(18)10-2-1-3-12(6-10)17(19)20/h1-6,8H,7H2. The third-order valence-electron chi connectivity index (χ3n) is 2.75. The summed E-state index contributed by atoms with van der Waals surface area (Å²) >= 11 is 0. The molecular weight excluding hydrogens is 268 g/mol. The third-order valence-corrected chi connectivity index (χ3v) is 2.75. The minimum absolute atomic E-state index is 0.0444. The SMILES string of the molecule is O=C(Cc1ccc(F)cc1F)c1cccc([N+](=O)[O-])c1. The maximum Gasteiger partial charge on any atom is 0.270 e. The first-order valence-corrected chi connectivity index (χ1v) is 5.69. The van der Waals surface area contributed by atoms with Gasteiger partial charge in [0.05, 0.1) is 4.92 Å². The van der Waals surface area contributed by atoms with E-state index >= 15 is 0 Å². The van der Waals surface area contributed by atoms with Crippen molar-refractivity contribution in [2.75, 3.05) is 0 Å². The van der Waals surface area contributed by atoms with E-state index in [1.54, 1.807) is 0 Å². The second kappa shape index (κ2) is 5.56. The van der Waals surface area contributed by atoms with Gasteiger partial charge in [-0.05, 0) is 11.6 Å². The van der Waals surface area contributed by atoms with Crippen LogP contribution in [-0.4, -0.2) is 10.7 Å². The first-order chi connectivity index (χ1) is 9.47. The largest absolute Gasteiger partial charge is 0.294 e. The molecule has 0 radical (unpaired) electrons. The monoisotopic (exact) mass is 277 g/mol. The van der Waals surface area contributed by atoms with Crippen molar-refractivity contribution in [1.29, 1.82) is 0 Å². The fourth-order valence-corrected chi connectivity index (χ4v) is 1.73. The van der Waals surface area contributed by atoms with Crippen molar-refractivity contribution >= 4 is 11.5 Å². The van der Waals surface area contributed by atoms with E-state index in [1.807, 2.05) is 0 Å². The lowest BCUT2D eigenvalue weighted by Gasteiger charge is -2.03. The summed E-state index contributed by atoms with van der Waals surface area (Å²) in [6.07, 6.45) is -0.284. The van der Waals surface area contributed by atoms with Crippen LogP contribution in [0.4, 0.5) is 14.5 Å². The Kier molecular flexibility index (Phi) is 3.84. The lowest BCUT2D eigenvalue weighted by molar-refractivity contribution is -0.384. The van der Waals surface area contributed by atoms with Gasteiger partial charge in [0.15, 0.2) is 5.78 Å². The van der Waals surface area contributed by atoms with Gasteiger partial charge in [-0.25, -0.2) is 8.78 Å². The highest BCUT2D eigenvalue weighted by molar-refractivity contribution is 5.98. The fraction of sp³-hybridized carbons (Fsp3) is 0.0714. The Balaban J connectivity index is 2.24. The molecule has 6 heteroatoms. The number of benzene rings is 2. The summed E-state index contributed by atoms with van der Waals surface area (Å²) in [7, 11) is 0. The lowest BCUT2D eigenvalue weighted by atomic mass is 10.0. The molecule has 4 nitrogen and oxygen atoms in total. The Bertz CT molecular complexity index is 686. The Morgan fingerprint density at radius 1 is 1.15 bits per heavy atom. The van der Waals surface area contributed by atoms with Crippen LogP contribution in [0.3, 0.4) is 0 Å². The molecular formula is C14H9F2NO3. The molecule has 0 atom stereocenters. The third kappa shape index (κ3) is 3.03. The number of nitro benzene ring substituents is 1. The van der Waals surface area contributed by atoms with E-state index in [2.05, 4.69) is 0 Å². The van der Waals surface area contributed by atoms with Crippen LogP contribution in [0.15, 0.2) is 42.5 Å². The molecule has 20 heavy (non-hydrogen) atoms. The molecule has 0 saturated carbocycles. The van der Waals surface area contributed by atoms with E-state index in [0.29, 0.717) is 6.07 Å². The molecule has 0 aliphatic heterocycles. The average molecular weight is 277 g/mol. The quantitative estimate of drug-likeness (QED) is 0.489. The van der Waals surface area contributed by atoms with E-state index < -0.39 is 22.3 Å². The average Bonchev–Trinajstić information content (AvgIpc) is 2.42. The van der Waals surface area contributed by atoms with Gasteiger partial charge < -0.3 is 0 Å². The summed E-state index contributed by atoms with van der Waals surface area (Å²) in [6.45, 7) is 0. The van der Waals surface area contributed by atoms with Crippen molar-refractivity contribution < 1.29 is 18.5 Å². The summed E-state index contributed by atoms with van der Waals surface area (Å²) < 4.78 is 26.2. The van der Waals surface area contributed by atoms with Crippen LogP contribution in [0, 0.1) is 21.7 Å². The topological polar surface area (TPSA) is 60.2 Å². The van der Waals surface area contributed by atoms with Crippen molar-refractivity contribution in [2.24, 2.45) is 0 Å². The molecule has 0 amide bonds. The van der Waals surface area contributed by atoms with Crippen molar-refractivity contribution in [3.8, 4) is 0 Å². The van der Waals surface area contributed by atoms with E-state index in [9.17, 15) is 23.7 Å². The number of non-ortho nitro benzene ring substituents is 1. The van der Waals surface area contributed by atoms with Gasteiger partial charge in [0.2, 0.25) is 0 Å². The second-order valence-electron chi connectivity index (χ2n) is 4.14. The summed E-state index contributed by atoms with van der Waals surface area (Å²) in [5.41, 5.74) is -0.0544. The zero-order chi connectivity index (χ0) is 14.7. The van der Waals surface area contributed by atoms with Crippen molar-refractivity contribution in [1.82, 2.24) is 0 Å². The molecule has 0 spiro atoms. The maximum atomic E-state index is 13.4. The number of halogens is 2. The molecule has 0 saturated heterocycles. The van der Waals surface area contributed by atoms with Gasteiger partial charge in [-0.1, -0.05) is 18.2 Å². The summed E-state index contributed by atoms with van der Waals surface area (Å²) in [6, 6.07) is 8.11. The first-order valence-electron chi connectivity index (χ1n) is 5.69. The molecule has 0 bridgehead atoms. The summed E-state index contributed by atoms with van der Waals surface area (Å²) in [5.74, 6) is -2.02. The molecule has 2 rings (SSSR count). The van der Waals surface area contributed by atoms with E-state index in [4.69, 9.17) is 0 Å². The highest BCUT2D eigenvalue weighted by Crippen LogP contribution is 2.17. The summed E-state index contributed by atoms with van der Waals surface area (Å²) in [5, 5.41) is 10.6. The number of carbonyl (C=O) groups is 1. The van der Waals surface area contributed by atoms with Gasteiger partial charge in [0.25, 0.3) is 5.69 Å². The molecule has 0 aromatic heterocycles. The summed E-state index contributed by atoms with van der Waals surface area (Å²) in [4.78, 5) is 21.9. The number of nitrogens with zero attached hydrogens (tertiary/aromatic N) is 1. The van der Waals surface area contributed by atoms with Crippen molar-refractivity contribution in [2.45, 2.75) is 6.42 Å². The predicted octanol–water partition coefficient (Wildman–Crippen LogP) is 3.30. The van der Waals surface area contributed by atoms with Crippen LogP contribution in [0.1, 0.15) is 15.9 Å². The van der Waals surface area contributed by atoms with Crippen LogP contribution in [0.5, 0.6) is 0 Å². The van der Waals surface area contributed by atoms with Gasteiger partial charge in [-0.3, -0.25) is 14.9 Å². The number of hydrogen-bond acceptors (Lipinski definition) is 3. The van der Waals surface area contributed by atoms with Gasteiger partial charge in [-0.15, -0.1) is 0 Å². The van der Waals surface area contributed by atoms with Gasteiger partial charge >= 0.3 is 0 Å². The smallest absolute Gasteiger partial charge is 0.270 e. The van der Waals surface area contributed by atoms with Crippen LogP contribution in [-0.2, 0) is 6.42 Å². The Labute approximate surface area is 112 Å². The molecule has 0 aliphatic carbocycles. The number of hydrogen-bond donors (Lipinski definition) is 0. The number of carbonyl (C=O) groups excluding carboxylic acids is 1. The minimum Gasteiger partial charge on any atom is -0.294 e. The van der Waals surface area contributed by atoms with Crippen molar-refractivity contribution in [3.63, 3.8) is 0 Å². The molecule has 0 fully saturated rings. The molecule has 102 valence electrons. The zero-order valence-corrected chi connectivity index (χ0v) is 10.2. The van der Waals surface area contributed by atoms with E-state index in [-0.39, 0.29) is 23.2 Å². The Morgan fingerprint density at radius 2 is 1.90 bits per heavy atom. The predicted molar refractivity (Wildman–Crippen MR) is 67.5 cm³/mol. The fourth-order valence-electron chi connectivity index (χ4n) is 1.73. The van der Waals surface area contributed by atoms with Gasteiger partial charge in [0.1, 0.15) is 11.6 Å². The lowest BCUT2D eigenvalue weighted by Crippen LogP contribution is -2.06. The van der Waals surface area contributed by atoms with E-state index in [1.165, 1.54) is 24.3 Å². The molecule has 0 unspecified atom stereocenters. The number of nitro groups is 1. The zero-order valence-electron chi connectivity index (χ0n) is 10.2. The van der Waals surface area contributed by atoms with Gasteiger partial charge in [-0.2, -0.15) is 0 Å². The number of Topliss-reactive ketones (excluding diaryl/α,β-unsaturated/α-hetero) is 1. The van der Waals surface area contributed by atoms with Crippen molar-refractivity contribution in [3.05, 3.63) is 75.3 Å². The van der Waals surface area contributed by atoms with Crippen LogP contribution >= 0.6 is 0 Å². The molecule has 0 N–H and O–H groups in total. The Hall–Kier alpha value is -2.63. The van der Waals surface area contributed by atoms with Crippen LogP contribution in [0.2, 0.25) is 0 Å².